The SMILES string of the molecule is CCCC(=O)OCC(COC(=N)CCC1CCC(C)CC1)COC(=O)CCC1CCC(C)CC1. The number of carbonyl (C=O) groups excluding carboxylic acids is 2. The molecule has 1 atom stereocenters. The molecule has 0 bridgehead atoms. The summed E-state index contributed by atoms with van der Waals surface area (Å²) in [5.41, 5.74) is 0. The Morgan fingerprint density at radius 1 is 0.706 bits per heavy atom. The number of carbonyl (C=O) groups is 2. The molecule has 6 heteroatoms. The van der Waals surface area contributed by atoms with E-state index in [4.69, 9.17) is 19.6 Å². The van der Waals surface area contributed by atoms with Crippen LogP contribution in [-0.4, -0.2) is 37.7 Å². The smallest absolute Gasteiger partial charge is 0.305 e. The van der Waals surface area contributed by atoms with Crippen LogP contribution in [0.1, 0.15) is 111 Å². The van der Waals surface area contributed by atoms with Crippen LogP contribution in [0.5, 0.6) is 0 Å². The average molecular weight is 480 g/mol. The number of hydrogen-bond acceptors (Lipinski definition) is 6. The van der Waals surface area contributed by atoms with E-state index in [1.165, 1.54) is 51.4 Å². The molecule has 196 valence electrons. The molecule has 0 radical (unpaired) electrons. The van der Waals surface area contributed by atoms with Gasteiger partial charge in [-0.3, -0.25) is 15.0 Å². The lowest BCUT2D eigenvalue weighted by Gasteiger charge is -2.26. The summed E-state index contributed by atoms with van der Waals surface area (Å²) in [6.45, 7) is 7.10. The topological polar surface area (TPSA) is 85.7 Å². The molecule has 6 nitrogen and oxygen atoms in total. The van der Waals surface area contributed by atoms with Gasteiger partial charge in [-0.25, -0.2) is 0 Å². The Morgan fingerprint density at radius 3 is 1.65 bits per heavy atom. The molecule has 0 aliphatic heterocycles. The van der Waals surface area contributed by atoms with Crippen LogP contribution < -0.4 is 0 Å². The van der Waals surface area contributed by atoms with Crippen LogP contribution in [0.4, 0.5) is 0 Å². The second-order valence-electron chi connectivity index (χ2n) is 11.0. The normalized spacial score (nSPS) is 25.9. The summed E-state index contributed by atoms with van der Waals surface area (Å²) in [4.78, 5) is 24.1. The first-order valence-electron chi connectivity index (χ1n) is 13.9. The molecule has 0 saturated heterocycles. The van der Waals surface area contributed by atoms with E-state index >= 15 is 0 Å². The Morgan fingerprint density at radius 2 is 1.15 bits per heavy atom. The molecule has 0 aromatic rings. The van der Waals surface area contributed by atoms with Crippen LogP contribution >= 0.6 is 0 Å². The van der Waals surface area contributed by atoms with E-state index in [1.54, 1.807) is 0 Å². The maximum atomic E-state index is 12.3. The summed E-state index contributed by atoms with van der Waals surface area (Å²) in [6, 6.07) is 0. The van der Waals surface area contributed by atoms with Gasteiger partial charge in [0.05, 0.1) is 12.5 Å². The van der Waals surface area contributed by atoms with Gasteiger partial charge in [0, 0.05) is 19.3 Å². The number of rotatable bonds is 14. The highest BCUT2D eigenvalue weighted by Crippen LogP contribution is 2.32. The van der Waals surface area contributed by atoms with Crippen molar-refractivity contribution in [3.05, 3.63) is 0 Å². The molecule has 0 spiro atoms. The van der Waals surface area contributed by atoms with Crippen molar-refractivity contribution in [1.29, 1.82) is 5.41 Å². The minimum Gasteiger partial charge on any atom is -0.481 e. The number of hydrogen-bond donors (Lipinski definition) is 1. The van der Waals surface area contributed by atoms with E-state index in [9.17, 15) is 9.59 Å². The minimum atomic E-state index is -0.254. The van der Waals surface area contributed by atoms with E-state index in [0.29, 0.717) is 31.1 Å². The number of ether oxygens (including phenoxy) is 3. The van der Waals surface area contributed by atoms with Crippen molar-refractivity contribution in [1.82, 2.24) is 0 Å². The van der Waals surface area contributed by atoms with Crippen molar-refractivity contribution in [2.45, 2.75) is 111 Å². The fourth-order valence-electron chi connectivity index (χ4n) is 5.10. The van der Waals surface area contributed by atoms with Gasteiger partial charge in [-0.2, -0.15) is 0 Å². The Bertz CT molecular complexity index is 564. The molecular weight excluding hydrogens is 430 g/mol. The van der Waals surface area contributed by atoms with Crippen LogP contribution in [-0.2, 0) is 23.8 Å². The van der Waals surface area contributed by atoms with Gasteiger partial charge < -0.3 is 14.2 Å². The first-order chi connectivity index (χ1) is 16.4. The van der Waals surface area contributed by atoms with E-state index in [1.807, 2.05) is 6.92 Å². The van der Waals surface area contributed by atoms with Gasteiger partial charge in [-0.1, -0.05) is 72.1 Å². The molecular formula is C28H49NO5. The number of nitrogens with one attached hydrogen (secondary N) is 1. The van der Waals surface area contributed by atoms with Crippen molar-refractivity contribution < 1.29 is 23.8 Å². The Labute approximate surface area is 207 Å². The second-order valence-corrected chi connectivity index (χ2v) is 11.0. The molecule has 0 heterocycles. The van der Waals surface area contributed by atoms with E-state index in [0.717, 1.165) is 31.1 Å². The summed E-state index contributed by atoms with van der Waals surface area (Å²) in [7, 11) is 0. The Balaban J connectivity index is 1.69. The summed E-state index contributed by atoms with van der Waals surface area (Å²) in [6.07, 6.45) is 14.1. The fraction of sp³-hybridized carbons (Fsp3) is 0.893. The standard InChI is InChI=1S/C28H49NO5/c1-4-5-27(30)33-19-25(18-32-26(29)16-14-23-10-6-21(2)7-11-23)20-34-28(31)17-15-24-12-8-22(3)9-13-24/h21-25,29H,4-20H2,1-3H3. The summed E-state index contributed by atoms with van der Waals surface area (Å²) < 4.78 is 16.6. The predicted octanol–water partition coefficient (Wildman–Crippen LogP) is 6.70. The predicted molar refractivity (Wildman–Crippen MR) is 135 cm³/mol. The van der Waals surface area contributed by atoms with Crippen LogP contribution in [0.25, 0.3) is 0 Å². The molecule has 1 unspecified atom stereocenters. The first kappa shape index (κ1) is 28.6. The van der Waals surface area contributed by atoms with Gasteiger partial charge >= 0.3 is 11.9 Å². The maximum Gasteiger partial charge on any atom is 0.305 e. The van der Waals surface area contributed by atoms with Crippen molar-refractivity contribution in [2.75, 3.05) is 19.8 Å². The molecule has 2 saturated carbocycles. The molecule has 2 rings (SSSR count). The summed E-state index contributed by atoms with van der Waals surface area (Å²) in [5, 5.41) is 8.20. The first-order valence-corrected chi connectivity index (χ1v) is 13.9. The van der Waals surface area contributed by atoms with E-state index in [-0.39, 0.29) is 43.6 Å². The highest BCUT2D eigenvalue weighted by molar-refractivity contribution is 5.72. The molecule has 0 aromatic heterocycles. The van der Waals surface area contributed by atoms with Crippen LogP contribution in [0.15, 0.2) is 0 Å². The van der Waals surface area contributed by atoms with Crippen LogP contribution in [0, 0.1) is 35.0 Å². The third-order valence-corrected chi connectivity index (χ3v) is 7.71. The Kier molecular flexibility index (Phi) is 13.6. The van der Waals surface area contributed by atoms with Crippen molar-refractivity contribution in [3.63, 3.8) is 0 Å². The lowest BCUT2D eigenvalue weighted by atomic mass is 9.81. The monoisotopic (exact) mass is 479 g/mol. The summed E-state index contributed by atoms with van der Waals surface area (Å²) in [5.74, 6) is 2.56. The molecule has 34 heavy (non-hydrogen) atoms. The fourth-order valence-corrected chi connectivity index (χ4v) is 5.10. The second kappa shape index (κ2) is 16.1. The summed E-state index contributed by atoms with van der Waals surface area (Å²) >= 11 is 0. The highest BCUT2D eigenvalue weighted by atomic mass is 16.6. The van der Waals surface area contributed by atoms with E-state index in [2.05, 4.69) is 13.8 Å². The third kappa shape index (κ3) is 12.2. The molecule has 2 aliphatic carbocycles. The van der Waals surface area contributed by atoms with Gasteiger partial charge in [0.15, 0.2) is 5.90 Å². The van der Waals surface area contributed by atoms with Crippen molar-refractivity contribution in [3.8, 4) is 0 Å². The lowest BCUT2D eigenvalue weighted by molar-refractivity contribution is -0.149. The zero-order chi connectivity index (χ0) is 24.8. The molecule has 2 aliphatic rings. The quantitative estimate of drug-likeness (QED) is 0.170. The maximum absolute atomic E-state index is 12.3. The van der Waals surface area contributed by atoms with Gasteiger partial charge in [0.2, 0.25) is 0 Å². The largest absolute Gasteiger partial charge is 0.481 e. The molecule has 0 amide bonds. The molecule has 1 N–H and O–H groups in total. The Hall–Kier alpha value is -1.59. The van der Waals surface area contributed by atoms with Crippen LogP contribution in [0.3, 0.4) is 0 Å². The average Bonchev–Trinajstić information content (AvgIpc) is 2.83. The van der Waals surface area contributed by atoms with Gasteiger partial charge in [-0.15, -0.1) is 0 Å². The third-order valence-electron chi connectivity index (χ3n) is 7.71. The molecule has 2 fully saturated rings. The zero-order valence-corrected chi connectivity index (χ0v) is 21.9. The molecule has 0 aromatic carbocycles. The van der Waals surface area contributed by atoms with E-state index < -0.39 is 0 Å². The van der Waals surface area contributed by atoms with Gasteiger partial charge in [0.1, 0.15) is 13.2 Å². The van der Waals surface area contributed by atoms with Crippen LogP contribution in [0.2, 0.25) is 0 Å². The highest BCUT2D eigenvalue weighted by Gasteiger charge is 2.22. The van der Waals surface area contributed by atoms with Gasteiger partial charge in [-0.05, 0) is 42.9 Å². The zero-order valence-electron chi connectivity index (χ0n) is 21.9. The van der Waals surface area contributed by atoms with Gasteiger partial charge in [0.25, 0.3) is 0 Å². The lowest BCUT2D eigenvalue weighted by Crippen LogP contribution is -2.26. The number of esters is 2. The van der Waals surface area contributed by atoms with Crippen molar-refractivity contribution >= 4 is 17.8 Å². The minimum absolute atomic E-state index is 0.153. The van der Waals surface area contributed by atoms with Crippen molar-refractivity contribution in [2.24, 2.45) is 29.6 Å².